The Labute approximate surface area is 193 Å². The second-order valence-corrected chi connectivity index (χ2v) is 6.42. The molecule has 0 saturated heterocycles. The lowest BCUT2D eigenvalue weighted by Crippen LogP contribution is -2.42. The van der Waals surface area contributed by atoms with E-state index in [0.717, 1.165) is 30.4 Å². The summed E-state index contributed by atoms with van der Waals surface area (Å²) in [6.45, 7) is 8.14. The number of carbonyl (C=O) groups excluding carboxylic acids is 5. The number of rotatable bonds is 10. The minimum absolute atomic E-state index is 0.330. The monoisotopic (exact) mass is 468 g/mol. The van der Waals surface area contributed by atoms with Crippen LogP contribution in [-0.4, -0.2) is 61.6 Å². The fourth-order valence-corrected chi connectivity index (χ4v) is 2.17. The molecular weight excluding hydrogens is 436 g/mol. The van der Waals surface area contributed by atoms with Crippen molar-refractivity contribution in [2.45, 2.75) is 38.5 Å². The summed E-state index contributed by atoms with van der Waals surface area (Å²) in [5.41, 5.74) is -1.28. The quantitative estimate of drug-likeness (QED) is 0.142. The van der Waals surface area contributed by atoms with Crippen LogP contribution < -0.4 is 0 Å². The van der Waals surface area contributed by atoms with E-state index in [1.165, 1.54) is 38.5 Å². The third-order valence-corrected chi connectivity index (χ3v) is 3.90. The van der Waals surface area contributed by atoms with Gasteiger partial charge in [0.05, 0.1) is 12.0 Å². The van der Waals surface area contributed by atoms with E-state index in [0.29, 0.717) is 0 Å². The summed E-state index contributed by atoms with van der Waals surface area (Å²) in [6.07, 6.45) is 13.3. The molecule has 1 rings (SSSR count). The van der Waals surface area contributed by atoms with Crippen molar-refractivity contribution in [1.29, 1.82) is 10.8 Å². The first kappa shape index (κ1) is 34.0. The van der Waals surface area contributed by atoms with Gasteiger partial charge in [-0.15, -0.1) is 0 Å². The van der Waals surface area contributed by atoms with Crippen molar-refractivity contribution in [3.63, 3.8) is 0 Å². The molecule has 0 amide bonds. The van der Waals surface area contributed by atoms with E-state index in [1.807, 2.05) is 0 Å². The van der Waals surface area contributed by atoms with E-state index in [2.05, 4.69) is 19.7 Å². The fourth-order valence-electron chi connectivity index (χ4n) is 2.17. The highest BCUT2D eigenvalue weighted by Crippen LogP contribution is 2.19. The molecule has 0 aliphatic heterocycles. The zero-order valence-electron chi connectivity index (χ0n) is 18.6. The summed E-state index contributed by atoms with van der Waals surface area (Å²) >= 11 is 0. The minimum atomic E-state index is -1.28. The van der Waals surface area contributed by atoms with Gasteiger partial charge in [-0.05, 0) is 0 Å². The number of ether oxygens (including phenoxy) is 3. The molecule has 0 aromatic carbocycles. The van der Waals surface area contributed by atoms with Gasteiger partial charge in [0.15, 0.2) is 0 Å². The van der Waals surface area contributed by atoms with Crippen LogP contribution in [0.5, 0.6) is 0 Å². The largest absolute Gasteiger partial charge is 0.462 e. The van der Waals surface area contributed by atoms with Crippen molar-refractivity contribution in [2.24, 2.45) is 5.41 Å². The number of aliphatic hydroxyl groups excluding tert-OH is 1. The molecule has 0 unspecified atom stereocenters. The summed E-state index contributed by atoms with van der Waals surface area (Å²) in [5, 5.41) is 20.3. The minimum Gasteiger partial charge on any atom is -0.462 e. The molecule has 33 heavy (non-hydrogen) atoms. The molecule has 1 fully saturated rings. The Morgan fingerprint density at radius 2 is 0.939 bits per heavy atom. The molecule has 1 aliphatic carbocycles. The maximum atomic E-state index is 11.1. The van der Waals surface area contributed by atoms with Crippen molar-refractivity contribution in [3.8, 4) is 0 Å². The van der Waals surface area contributed by atoms with Crippen LogP contribution in [0.25, 0.3) is 0 Å². The molecule has 184 valence electrons. The molecule has 1 aliphatic rings. The molecule has 0 aromatic rings. The Bertz CT molecular complexity index is 590. The van der Waals surface area contributed by atoms with Gasteiger partial charge >= 0.3 is 17.9 Å². The number of aliphatic hydroxyl groups is 1. The Morgan fingerprint density at radius 3 is 1.09 bits per heavy atom. The lowest BCUT2D eigenvalue weighted by molar-refractivity contribution is -0.159. The van der Waals surface area contributed by atoms with Crippen LogP contribution in [0.15, 0.2) is 38.0 Å². The summed E-state index contributed by atoms with van der Waals surface area (Å²) in [7, 11) is 0. The Kier molecular flexibility index (Phi) is 25.3. The zero-order valence-corrected chi connectivity index (χ0v) is 18.6. The van der Waals surface area contributed by atoms with Crippen LogP contribution in [0.4, 0.5) is 0 Å². The van der Waals surface area contributed by atoms with Gasteiger partial charge in [-0.25, -0.2) is 34.8 Å². The van der Waals surface area contributed by atoms with Gasteiger partial charge in [0.2, 0.25) is 12.2 Å². The predicted octanol–water partition coefficient (Wildman–Crippen LogP) is 2.30. The maximum Gasteiger partial charge on any atom is 0.330 e. The second-order valence-electron chi connectivity index (χ2n) is 6.42. The molecule has 0 heterocycles. The highest BCUT2D eigenvalue weighted by molar-refractivity contribution is 5.82. The molecule has 0 bridgehead atoms. The van der Waals surface area contributed by atoms with E-state index in [-0.39, 0.29) is 19.8 Å². The Balaban J connectivity index is -0.000000607. The topological polar surface area (TPSA) is 181 Å². The van der Waals surface area contributed by atoms with Crippen molar-refractivity contribution < 1.29 is 43.3 Å². The average molecular weight is 469 g/mol. The lowest BCUT2D eigenvalue weighted by Gasteiger charge is -2.29. The average Bonchev–Trinajstić information content (AvgIpc) is 2.85. The molecule has 0 radical (unpaired) electrons. The molecule has 0 aromatic heterocycles. The third kappa shape index (κ3) is 22.9. The van der Waals surface area contributed by atoms with Crippen LogP contribution in [0, 0.1) is 16.2 Å². The zero-order chi connectivity index (χ0) is 26.0. The van der Waals surface area contributed by atoms with Gasteiger partial charge in [0.1, 0.15) is 19.8 Å². The van der Waals surface area contributed by atoms with Gasteiger partial charge in [-0.2, -0.15) is 0 Å². The van der Waals surface area contributed by atoms with Crippen LogP contribution in [-0.2, 0) is 38.2 Å². The molecular formula is C22H32N2O9. The number of esters is 3. The van der Waals surface area contributed by atoms with Gasteiger partial charge in [-0.3, -0.25) is 0 Å². The smallest absolute Gasteiger partial charge is 0.330 e. The van der Waals surface area contributed by atoms with Crippen LogP contribution in [0.3, 0.4) is 0 Å². The van der Waals surface area contributed by atoms with Crippen LogP contribution >= 0.6 is 0 Å². The van der Waals surface area contributed by atoms with E-state index in [4.69, 9.17) is 34.6 Å². The second kappa shape index (κ2) is 24.6. The highest BCUT2D eigenvalue weighted by Gasteiger charge is 2.35. The number of carbonyl (C=O) groups is 3. The van der Waals surface area contributed by atoms with E-state index >= 15 is 0 Å². The first-order valence-corrected chi connectivity index (χ1v) is 9.82. The van der Waals surface area contributed by atoms with Gasteiger partial charge in [0, 0.05) is 18.2 Å². The SMILES string of the molecule is C1CCCCC1.C=CC(=O)OCC(CO)(COC(=O)C=C)COC(=O)C=C.N=C=O.N=C=O. The van der Waals surface area contributed by atoms with Gasteiger partial charge in [0.25, 0.3) is 0 Å². The summed E-state index contributed by atoms with van der Waals surface area (Å²) < 4.78 is 14.5. The number of hydrogen-bond donors (Lipinski definition) is 3. The number of nitrogens with one attached hydrogen (secondary N) is 2. The standard InChI is InChI=1S/C14H18O7.C6H12.2CHNO/c1-4-11(16)19-8-14(7-15,9-20-12(17)5-2)10-21-13(18)6-3;1-2-4-6-5-3-1;2*2-1-3/h4-6,15H,1-3,7-10H2;1-6H2;2*2H. The molecule has 0 atom stereocenters. The van der Waals surface area contributed by atoms with Crippen molar-refractivity contribution in [2.75, 3.05) is 26.4 Å². The number of hydrogen-bond acceptors (Lipinski definition) is 11. The van der Waals surface area contributed by atoms with E-state index in [9.17, 15) is 19.5 Å². The normalized spacial score (nSPS) is 11.3. The third-order valence-electron chi connectivity index (χ3n) is 3.90. The predicted molar refractivity (Wildman–Crippen MR) is 118 cm³/mol. The molecule has 11 heteroatoms. The maximum absolute atomic E-state index is 11.1. The Hall–Kier alpha value is -3.65. The first-order chi connectivity index (χ1) is 15.8. The summed E-state index contributed by atoms with van der Waals surface area (Å²) in [5.74, 6) is -2.17. The number of isocyanates is 2. The summed E-state index contributed by atoms with van der Waals surface area (Å²) in [4.78, 5) is 50.0. The lowest BCUT2D eigenvalue weighted by atomic mass is 9.92. The Morgan fingerprint density at radius 1 is 0.727 bits per heavy atom. The van der Waals surface area contributed by atoms with E-state index < -0.39 is 29.9 Å². The highest BCUT2D eigenvalue weighted by atomic mass is 16.6. The molecule has 1 saturated carbocycles. The molecule has 3 N–H and O–H groups in total. The molecule has 0 spiro atoms. The van der Waals surface area contributed by atoms with Crippen LogP contribution in [0.2, 0.25) is 0 Å². The molecule has 11 nitrogen and oxygen atoms in total. The van der Waals surface area contributed by atoms with Crippen molar-refractivity contribution >= 4 is 30.1 Å². The van der Waals surface area contributed by atoms with Crippen molar-refractivity contribution in [1.82, 2.24) is 0 Å². The van der Waals surface area contributed by atoms with Crippen LogP contribution in [0.1, 0.15) is 38.5 Å². The first-order valence-electron chi connectivity index (χ1n) is 9.82. The fraction of sp³-hybridized carbons (Fsp3) is 0.500. The van der Waals surface area contributed by atoms with Gasteiger partial charge < -0.3 is 19.3 Å². The summed E-state index contributed by atoms with van der Waals surface area (Å²) in [6, 6.07) is 0. The van der Waals surface area contributed by atoms with E-state index in [1.54, 1.807) is 0 Å². The van der Waals surface area contributed by atoms with Gasteiger partial charge in [-0.1, -0.05) is 58.3 Å². The van der Waals surface area contributed by atoms with Crippen molar-refractivity contribution in [3.05, 3.63) is 38.0 Å².